The molecule has 0 unspecified atom stereocenters. The molecule has 0 saturated heterocycles. The number of para-hydroxylation sites is 1. The van der Waals surface area contributed by atoms with Crippen LogP contribution in [0.2, 0.25) is 5.02 Å². The van der Waals surface area contributed by atoms with Crippen molar-refractivity contribution in [2.75, 3.05) is 5.75 Å². The van der Waals surface area contributed by atoms with E-state index in [1.807, 2.05) is 19.1 Å². The van der Waals surface area contributed by atoms with Gasteiger partial charge in [-0.15, -0.1) is 11.8 Å². The first kappa shape index (κ1) is 14.9. The summed E-state index contributed by atoms with van der Waals surface area (Å²) in [4.78, 5) is 25.0. The fourth-order valence-corrected chi connectivity index (χ4v) is 5.29. The van der Waals surface area contributed by atoms with Crippen molar-refractivity contribution < 1.29 is 4.74 Å². The molecule has 1 aromatic carbocycles. The van der Waals surface area contributed by atoms with Gasteiger partial charge in [-0.1, -0.05) is 23.7 Å². The number of benzene rings is 1. The molecule has 2 aromatic rings. The molecule has 0 amide bonds. The molecule has 2 aliphatic rings. The molecule has 7 heteroatoms. The number of ether oxygens (including phenoxy) is 1. The Hall–Kier alpha value is -1.66. The van der Waals surface area contributed by atoms with Crippen LogP contribution in [0.3, 0.4) is 0 Å². The second kappa shape index (κ2) is 4.68. The van der Waals surface area contributed by atoms with Gasteiger partial charge in [0, 0.05) is 31.3 Å². The second-order valence-corrected chi connectivity index (χ2v) is 7.53. The van der Waals surface area contributed by atoms with Crippen LogP contribution in [-0.2, 0) is 19.7 Å². The van der Waals surface area contributed by atoms with Gasteiger partial charge in [-0.25, -0.2) is 4.79 Å². The standard InChI is InChI=1S/C16H15ClN2O3S/c1-16-9(8-5-4-6-10(17)12(8)22-16)7-23-14-11(16)13(20)18(2)15(21)19(14)3/h4-6,9H,7H2,1-3H3/t9-,16+/m0/s1. The number of hydrogen-bond acceptors (Lipinski definition) is 4. The highest BCUT2D eigenvalue weighted by molar-refractivity contribution is 7.99. The van der Waals surface area contributed by atoms with Crippen molar-refractivity contribution in [3.63, 3.8) is 0 Å². The predicted molar refractivity (Wildman–Crippen MR) is 89.8 cm³/mol. The van der Waals surface area contributed by atoms with Crippen molar-refractivity contribution in [3.05, 3.63) is 55.2 Å². The lowest BCUT2D eigenvalue weighted by atomic mass is 9.82. The first-order valence-electron chi connectivity index (χ1n) is 7.27. The summed E-state index contributed by atoms with van der Waals surface area (Å²) in [6.45, 7) is 1.92. The lowest BCUT2D eigenvalue weighted by Gasteiger charge is -2.36. The van der Waals surface area contributed by atoms with Crippen LogP contribution in [0.1, 0.15) is 24.0 Å². The largest absolute Gasteiger partial charge is 0.480 e. The van der Waals surface area contributed by atoms with Crippen LogP contribution in [0.25, 0.3) is 0 Å². The zero-order chi connectivity index (χ0) is 16.5. The van der Waals surface area contributed by atoms with Gasteiger partial charge in [0.15, 0.2) is 0 Å². The van der Waals surface area contributed by atoms with E-state index in [1.54, 1.807) is 13.1 Å². The van der Waals surface area contributed by atoms with E-state index in [0.717, 1.165) is 15.9 Å². The van der Waals surface area contributed by atoms with Gasteiger partial charge in [0.2, 0.25) is 0 Å². The van der Waals surface area contributed by atoms with Crippen LogP contribution < -0.4 is 16.0 Å². The minimum Gasteiger partial charge on any atom is -0.480 e. The van der Waals surface area contributed by atoms with E-state index >= 15 is 0 Å². The molecule has 0 spiro atoms. The van der Waals surface area contributed by atoms with Crippen LogP contribution in [0.5, 0.6) is 5.75 Å². The Morgan fingerprint density at radius 2 is 2.04 bits per heavy atom. The van der Waals surface area contributed by atoms with Gasteiger partial charge in [-0.2, -0.15) is 0 Å². The molecule has 2 aliphatic heterocycles. The van der Waals surface area contributed by atoms with Gasteiger partial charge in [0.1, 0.15) is 11.4 Å². The summed E-state index contributed by atoms with van der Waals surface area (Å²) in [5.74, 6) is 1.40. The van der Waals surface area contributed by atoms with Gasteiger partial charge >= 0.3 is 5.69 Å². The van der Waals surface area contributed by atoms with E-state index in [-0.39, 0.29) is 17.2 Å². The SMILES string of the molecule is Cn1c2c(c(=O)n(C)c1=O)[C@]1(C)Oc3c(Cl)cccc3[C@@H]1CS2. The van der Waals surface area contributed by atoms with Crippen molar-refractivity contribution in [3.8, 4) is 5.75 Å². The second-order valence-electron chi connectivity index (χ2n) is 6.12. The summed E-state index contributed by atoms with van der Waals surface area (Å²) in [7, 11) is 3.18. The fourth-order valence-electron chi connectivity index (χ4n) is 3.54. The molecule has 5 nitrogen and oxygen atoms in total. The molecule has 4 rings (SSSR count). The third-order valence-electron chi connectivity index (χ3n) is 4.85. The Morgan fingerprint density at radius 3 is 2.78 bits per heavy atom. The Balaban J connectivity index is 2.05. The van der Waals surface area contributed by atoms with Gasteiger partial charge in [0.05, 0.1) is 15.6 Å². The minimum atomic E-state index is -0.811. The quantitative estimate of drug-likeness (QED) is 0.684. The average Bonchev–Trinajstić information content (AvgIpc) is 2.83. The summed E-state index contributed by atoms with van der Waals surface area (Å²) in [5, 5.41) is 1.23. The first-order chi connectivity index (χ1) is 10.9. The lowest BCUT2D eigenvalue weighted by molar-refractivity contribution is 0.0841. The molecule has 0 fully saturated rings. The maximum atomic E-state index is 12.8. The van der Waals surface area contributed by atoms with Gasteiger partial charge in [-0.05, 0) is 13.0 Å². The number of halogens is 1. The van der Waals surface area contributed by atoms with Crippen molar-refractivity contribution in [1.29, 1.82) is 0 Å². The topological polar surface area (TPSA) is 53.2 Å². The number of rotatable bonds is 0. The summed E-state index contributed by atoms with van der Waals surface area (Å²) < 4.78 is 8.88. The third kappa shape index (κ3) is 1.76. The molecule has 0 saturated carbocycles. The summed E-state index contributed by atoms with van der Waals surface area (Å²) in [6, 6.07) is 5.68. The van der Waals surface area contributed by atoms with Gasteiger partial charge in [0.25, 0.3) is 5.56 Å². The molecular formula is C16H15ClN2O3S. The zero-order valence-corrected chi connectivity index (χ0v) is 14.5. The van der Waals surface area contributed by atoms with Crippen molar-refractivity contribution in [2.45, 2.75) is 23.5 Å². The first-order valence-corrected chi connectivity index (χ1v) is 8.63. The average molecular weight is 351 g/mol. The van der Waals surface area contributed by atoms with Gasteiger partial charge in [-0.3, -0.25) is 13.9 Å². The number of aromatic nitrogens is 2. The van der Waals surface area contributed by atoms with Crippen LogP contribution in [0, 0.1) is 0 Å². The number of thioether (sulfide) groups is 1. The predicted octanol–water partition coefficient (Wildman–Crippen LogP) is 2.23. The normalized spacial score (nSPS) is 24.6. The van der Waals surface area contributed by atoms with E-state index < -0.39 is 5.60 Å². The minimum absolute atomic E-state index is 0.0268. The summed E-state index contributed by atoms with van der Waals surface area (Å²) in [6.07, 6.45) is 0. The molecule has 1 aromatic heterocycles. The maximum absolute atomic E-state index is 12.8. The highest BCUT2D eigenvalue weighted by Crippen LogP contribution is 2.57. The van der Waals surface area contributed by atoms with E-state index in [9.17, 15) is 9.59 Å². The van der Waals surface area contributed by atoms with E-state index in [4.69, 9.17) is 16.3 Å². The molecule has 0 aliphatic carbocycles. The van der Waals surface area contributed by atoms with Crippen LogP contribution in [-0.4, -0.2) is 14.9 Å². The Labute approximate surface area is 141 Å². The number of hydrogen-bond donors (Lipinski definition) is 0. The smallest absolute Gasteiger partial charge is 0.331 e. The molecule has 2 atom stereocenters. The fraction of sp³-hybridized carbons (Fsp3) is 0.375. The highest BCUT2D eigenvalue weighted by Gasteiger charge is 2.52. The van der Waals surface area contributed by atoms with Crippen molar-refractivity contribution in [2.24, 2.45) is 14.1 Å². The highest BCUT2D eigenvalue weighted by atomic mass is 35.5. The van der Waals surface area contributed by atoms with Crippen molar-refractivity contribution in [1.82, 2.24) is 9.13 Å². The van der Waals surface area contributed by atoms with Crippen LogP contribution >= 0.6 is 23.4 Å². The van der Waals surface area contributed by atoms with E-state index in [0.29, 0.717) is 21.4 Å². The number of nitrogens with zero attached hydrogens (tertiary/aromatic N) is 2. The molecular weight excluding hydrogens is 336 g/mol. The van der Waals surface area contributed by atoms with E-state index in [2.05, 4.69) is 0 Å². The Morgan fingerprint density at radius 1 is 1.30 bits per heavy atom. The lowest BCUT2D eigenvalue weighted by Crippen LogP contribution is -2.49. The van der Waals surface area contributed by atoms with Crippen LogP contribution in [0.15, 0.2) is 32.8 Å². The number of fused-ring (bicyclic) bond motifs is 5. The summed E-state index contributed by atoms with van der Waals surface area (Å²) >= 11 is 7.80. The monoisotopic (exact) mass is 350 g/mol. The van der Waals surface area contributed by atoms with Crippen LogP contribution in [0.4, 0.5) is 0 Å². The molecule has 3 heterocycles. The summed E-state index contributed by atoms with van der Waals surface area (Å²) in [5.41, 5.74) is 0.127. The zero-order valence-electron chi connectivity index (χ0n) is 12.9. The molecule has 0 radical (unpaired) electrons. The third-order valence-corrected chi connectivity index (χ3v) is 6.39. The molecule has 23 heavy (non-hydrogen) atoms. The molecule has 0 N–H and O–H groups in total. The van der Waals surface area contributed by atoms with E-state index in [1.165, 1.54) is 23.4 Å². The Kier molecular flexibility index (Phi) is 3.03. The molecule has 120 valence electrons. The Bertz CT molecular complexity index is 965. The molecule has 0 bridgehead atoms. The van der Waals surface area contributed by atoms with Gasteiger partial charge < -0.3 is 4.74 Å². The van der Waals surface area contributed by atoms with Crippen molar-refractivity contribution >= 4 is 23.4 Å². The maximum Gasteiger partial charge on any atom is 0.331 e.